The molecule has 0 amide bonds. The molecule has 3 aromatic carbocycles. The summed E-state index contributed by atoms with van der Waals surface area (Å²) in [6.45, 7) is 6.39. The van der Waals surface area contributed by atoms with E-state index < -0.39 is 5.76 Å². The standard InChI is InChI=1S/C29H25FN4O3/c1-4-8-24-31-27-21(30)11-7-12-22(27)34(24)19-13-16(2)25-23(14-19)36-15-18-9-5-6-10-20(18)26(25)17(3)28-32-29(35)37-33-28/h5-7,9-14H,4,8,15H2,1-3H3,(H,32,33,35)/b26-17+. The second-order valence-electron chi connectivity index (χ2n) is 9.25. The Morgan fingerprint density at radius 2 is 2.00 bits per heavy atom. The van der Waals surface area contributed by atoms with Crippen LogP contribution >= 0.6 is 0 Å². The fourth-order valence-electron chi connectivity index (χ4n) is 5.17. The lowest BCUT2D eigenvalue weighted by atomic mass is 9.88. The van der Waals surface area contributed by atoms with Crippen LogP contribution in [-0.4, -0.2) is 19.7 Å². The SMILES string of the molecule is CCCc1nc2c(F)cccc2n1-c1cc(C)c2c(c1)OCc1ccccc1/C2=C(/C)c1noc(=O)[nH]1. The van der Waals surface area contributed by atoms with Crippen molar-refractivity contribution in [2.24, 2.45) is 0 Å². The molecule has 37 heavy (non-hydrogen) atoms. The van der Waals surface area contributed by atoms with Gasteiger partial charge in [-0.05, 0) is 60.7 Å². The highest BCUT2D eigenvalue weighted by atomic mass is 19.1. The topological polar surface area (TPSA) is 85.9 Å². The third kappa shape index (κ3) is 3.76. The highest BCUT2D eigenvalue weighted by Crippen LogP contribution is 2.43. The third-order valence-corrected chi connectivity index (χ3v) is 6.81. The summed E-state index contributed by atoms with van der Waals surface area (Å²) in [6.07, 6.45) is 1.59. The molecule has 1 aliphatic heterocycles. The first kappa shape index (κ1) is 23.0. The molecule has 1 N–H and O–H groups in total. The van der Waals surface area contributed by atoms with Crippen molar-refractivity contribution in [2.75, 3.05) is 0 Å². The van der Waals surface area contributed by atoms with E-state index >= 15 is 0 Å². The van der Waals surface area contributed by atoms with Crippen molar-refractivity contribution in [3.63, 3.8) is 0 Å². The Balaban J connectivity index is 1.63. The van der Waals surface area contributed by atoms with Gasteiger partial charge in [0.1, 0.15) is 23.7 Å². The van der Waals surface area contributed by atoms with Crippen molar-refractivity contribution in [2.45, 2.75) is 40.2 Å². The van der Waals surface area contributed by atoms with Crippen LogP contribution in [0.5, 0.6) is 5.75 Å². The van der Waals surface area contributed by atoms with Crippen LogP contribution in [0.4, 0.5) is 4.39 Å². The molecular formula is C29H25FN4O3. The number of para-hydroxylation sites is 1. The Morgan fingerprint density at radius 3 is 2.78 bits per heavy atom. The molecule has 0 saturated carbocycles. The molecule has 5 aromatic rings. The summed E-state index contributed by atoms with van der Waals surface area (Å²) in [5, 5.41) is 3.94. The van der Waals surface area contributed by atoms with E-state index in [2.05, 4.69) is 28.1 Å². The molecule has 0 radical (unpaired) electrons. The van der Waals surface area contributed by atoms with Crippen LogP contribution in [0.3, 0.4) is 0 Å². The summed E-state index contributed by atoms with van der Waals surface area (Å²) in [4.78, 5) is 19.0. The van der Waals surface area contributed by atoms with E-state index in [1.165, 1.54) is 6.07 Å². The predicted octanol–water partition coefficient (Wildman–Crippen LogP) is 5.97. The van der Waals surface area contributed by atoms with Crippen LogP contribution in [0.1, 0.15) is 54.2 Å². The molecule has 7 nitrogen and oxygen atoms in total. The van der Waals surface area contributed by atoms with Gasteiger partial charge in [-0.25, -0.2) is 14.2 Å². The first-order chi connectivity index (χ1) is 18.0. The van der Waals surface area contributed by atoms with E-state index in [1.54, 1.807) is 6.07 Å². The minimum atomic E-state index is -0.608. The fourth-order valence-corrected chi connectivity index (χ4v) is 5.17. The summed E-state index contributed by atoms with van der Waals surface area (Å²) >= 11 is 0. The number of nitrogens with one attached hydrogen (secondary N) is 1. The lowest BCUT2D eigenvalue weighted by Gasteiger charge is -2.18. The smallest absolute Gasteiger partial charge is 0.439 e. The molecule has 0 bridgehead atoms. The Morgan fingerprint density at radius 1 is 1.16 bits per heavy atom. The number of nitrogens with zero attached hydrogens (tertiary/aromatic N) is 3. The van der Waals surface area contributed by atoms with Crippen LogP contribution in [0, 0.1) is 12.7 Å². The minimum absolute atomic E-state index is 0.339. The van der Waals surface area contributed by atoms with Crippen LogP contribution in [0.2, 0.25) is 0 Å². The molecule has 0 unspecified atom stereocenters. The van der Waals surface area contributed by atoms with Crippen LogP contribution in [-0.2, 0) is 13.0 Å². The molecule has 0 aliphatic carbocycles. The van der Waals surface area contributed by atoms with Crippen LogP contribution in [0.25, 0.3) is 27.9 Å². The first-order valence-corrected chi connectivity index (χ1v) is 12.3. The van der Waals surface area contributed by atoms with Gasteiger partial charge in [0.05, 0.1) is 11.2 Å². The Labute approximate surface area is 212 Å². The molecule has 186 valence electrons. The summed E-state index contributed by atoms with van der Waals surface area (Å²) < 4.78 is 27.9. The Bertz CT molecular complexity index is 1760. The van der Waals surface area contributed by atoms with Crippen molar-refractivity contribution in [3.8, 4) is 11.4 Å². The second-order valence-corrected chi connectivity index (χ2v) is 9.25. The zero-order valence-electron chi connectivity index (χ0n) is 20.8. The number of hydrogen-bond acceptors (Lipinski definition) is 5. The van der Waals surface area contributed by atoms with Crippen molar-refractivity contribution in [3.05, 3.63) is 105 Å². The number of rotatable bonds is 4. The third-order valence-electron chi connectivity index (χ3n) is 6.81. The van der Waals surface area contributed by atoms with Gasteiger partial charge in [0.2, 0.25) is 0 Å². The van der Waals surface area contributed by atoms with E-state index in [0.29, 0.717) is 35.6 Å². The number of ether oxygens (including phenoxy) is 1. The fraction of sp³-hybridized carbons (Fsp3) is 0.207. The highest BCUT2D eigenvalue weighted by molar-refractivity contribution is 6.00. The number of fused-ring (bicyclic) bond motifs is 3. The lowest BCUT2D eigenvalue weighted by Crippen LogP contribution is -2.05. The number of aromatic nitrogens is 4. The average Bonchev–Trinajstić information content (AvgIpc) is 3.44. The van der Waals surface area contributed by atoms with Crippen LogP contribution < -0.4 is 10.5 Å². The number of halogens is 1. The van der Waals surface area contributed by atoms with Gasteiger partial charge in [0.15, 0.2) is 11.6 Å². The number of hydrogen-bond donors (Lipinski definition) is 1. The zero-order chi connectivity index (χ0) is 25.7. The largest absolute Gasteiger partial charge is 0.488 e. The maximum absolute atomic E-state index is 14.7. The number of allylic oxidation sites excluding steroid dienone is 1. The van der Waals surface area contributed by atoms with Crippen LogP contribution in [0.15, 0.2) is 63.9 Å². The van der Waals surface area contributed by atoms with Gasteiger partial charge in [-0.2, -0.15) is 0 Å². The average molecular weight is 497 g/mol. The maximum Gasteiger partial charge on any atom is 0.439 e. The van der Waals surface area contributed by atoms with E-state index in [0.717, 1.165) is 51.3 Å². The molecular weight excluding hydrogens is 471 g/mol. The number of imidazole rings is 1. The molecule has 3 heterocycles. The monoisotopic (exact) mass is 496 g/mol. The Hall–Kier alpha value is -4.46. The zero-order valence-corrected chi connectivity index (χ0v) is 20.8. The molecule has 0 spiro atoms. The molecule has 0 saturated heterocycles. The van der Waals surface area contributed by atoms with Gasteiger partial charge in [0.25, 0.3) is 0 Å². The van der Waals surface area contributed by atoms with Crippen molar-refractivity contribution in [1.29, 1.82) is 0 Å². The predicted molar refractivity (Wildman–Crippen MR) is 139 cm³/mol. The first-order valence-electron chi connectivity index (χ1n) is 12.3. The molecule has 6 rings (SSSR count). The van der Waals surface area contributed by atoms with Gasteiger partial charge in [-0.15, -0.1) is 0 Å². The summed E-state index contributed by atoms with van der Waals surface area (Å²) in [5.74, 6) is 0.905. The van der Waals surface area contributed by atoms with Crippen molar-refractivity contribution in [1.82, 2.24) is 19.7 Å². The second kappa shape index (κ2) is 8.89. The molecule has 2 aromatic heterocycles. The van der Waals surface area contributed by atoms with E-state index in [9.17, 15) is 9.18 Å². The number of aromatic amines is 1. The molecule has 8 heteroatoms. The Kier molecular flexibility index (Phi) is 5.52. The number of H-pyrrole nitrogens is 1. The lowest BCUT2D eigenvalue weighted by molar-refractivity contribution is 0.307. The van der Waals surface area contributed by atoms with E-state index in [-0.39, 0.29) is 5.82 Å². The summed E-state index contributed by atoms with van der Waals surface area (Å²) in [5.41, 5.74) is 7.49. The summed E-state index contributed by atoms with van der Waals surface area (Å²) in [6, 6.07) is 17.1. The molecule has 0 fully saturated rings. The van der Waals surface area contributed by atoms with E-state index in [4.69, 9.17) is 9.26 Å². The quantitative estimate of drug-likeness (QED) is 0.331. The maximum atomic E-state index is 14.7. The van der Waals surface area contributed by atoms with Crippen molar-refractivity contribution >= 4 is 22.2 Å². The molecule has 1 aliphatic rings. The summed E-state index contributed by atoms with van der Waals surface area (Å²) in [7, 11) is 0. The van der Waals surface area contributed by atoms with Gasteiger partial charge < -0.3 is 4.74 Å². The van der Waals surface area contributed by atoms with E-state index in [1.807, 2.05) is 54.8 Å². The molecule has 0 atom stereocenters. The normalized spacial score (nSPS) is 14.2. The highest BCUT2D eigenvalue weighted by Gasteiger charge is 2.26. The van der Waals surface area contributed by atoms with Gasteiger partial charge >= 0.3 is 5.76 Å². The van der Waals surface area contributed by atoms with Gasteiger partial charge in [0, 0.05) is 23.6 Å². The minimum Gasteiger partial charge on any atom is -0.488 e. The van der Waals surface area contributed by atoms with Gasteiger partial charge in [-0.3, -0.25) is 14.1 Å². The number of aryl methyl sites for hydroxylation is 2. The van der Waals surface area contributed by atoms with Crippen molar-refractivity contribution < 1.29 is 13.7 Å². The number of benzene rings is 3. The van der Waals surface area contributed by atoms with Gasteiger partial charge in [-0.1, -0.05) is 42.4 Å².